The molecule has 0 saturated carbocycles. The van der Waals surface area contributed by atoms with E-state index in [2.05, 4.69) is 99.6 Å². The molecule has 0 spiro atoms. The van der Waals surface area contributed by atoms with Gasteiger partial charge in [0.2, 0.25) is 0 Å². The van der Waals surface area contributed by atoms with E-state index in [4.69, 9.17) is 4.74 Å². The molecule has 170 valence electrons. The Balaban J connectivity index is 0.000000753. The van der Waals surface area contributed by atoms with Crippen molar-refractivity contribution < 1.29 is 26.5 Å². The smallest absolute Gasteiger partial charge is 0.119 e. The fraction of sp³-hybridized carbons (Fsp3) is 0.517. The molecule has 1 aromatic rings. The monoisotopic (exact) mass is 455 g/mol. The van der Waals surface area contributed by atoms with Gasteiger partial charge in [0.15, 0.2) is 0 Å². The van der Waals surface area contributed by atoms with Crippen LogP contribution in [0.5, 0.6) is 5.75 Å². The van der Waals surface area contributed by atoms with Crippen molar-refractivity contribution in [3.05, 3.63) is 77.4 Å². The van der Waals surface area contributed by atoms with E-state index in [-0.39, 0.29) is 32.5 Å². The zero-order valence-electron chi connectivity index (χ0n) is 21.5. The van der Waals surface area contributed by atoms with Crippen LogP contribution in [-0.4, -0.2) is 6.61 Å². The number of hydrogen-bond donors (Lipinski definition) is 0. The van der Waals surface area contributed by atoms with Crippen molar-refractivity contribution in [2.75, 3.05) is 6.61 Å². The number of benzene rings is 1. The molecule has 0 saturated heterocycles. The number of hydrogen-bond acceptors (Lipinski definition) is 1. The van der Waals surface area contributed by atoms with E-state index in [1.54, 1.807) is 0 Å². The maximum atomic E-state index is 5.96. The second-order valence-electron chi connectivity index (χ2n) is 11.0. The van der Waals surface area contributed by atoms with Gasteiger partial charge in [0, 0.05) is 21.7 Å². The second-order valence-corrected chi connectivity index (χ2v) is 11.0. The second kappa shape index (κ2) is 12.7. The average Bonchev–Trinajstić information content (AvgIpc) is 3.16. The molecule has 0 N–H and O–H groups in total. The van der Waals surface area contributed by atoms with E-state index in [1.807, 2.05) is 30.3 Å². The first-order valence-electron chi connectivity index (χ1n) is 11.1. The summed E-state index contributed by atoms with van der Waals surface area (Å²) in [6, 6.07) is 10.0. The maximum absolute atomic E-state index is 5.96. The molecular formula is C29H43OTi-. The van der Waals surface area contributed by atoms with Crippen LogP contribution in [0.25, 0.3) is 0 Å². The first-order valence-corrected chi connectivity index (χ1v) is 11.1. The summed E-state index contributed by atoms with van der Waals surface area (Å²) < 4.78 is 5.96. The Hall–Kier alpha value is -1.31. The number of allylic oxidation sites excluding steroid dienone is 7. The van der Waals surface area contributed by atoms with Gasteiger partial charge in [-0.1, -0.05) is 98.1 Å². The third-order valence-corrected chi connectivity index (χ3v) is 5.17. The number of ether oxygens (including phenoxy) is 1. The molecule has 0 amide bonds. The Morgan fingerprint density at radius 1 is 0.935 bits per heavy atom. The minimum absolute atomic E-state index is 0. The van der Waals surface area contributed by atoms with E-state index in [0.717, 1.165) is 12.2 Å². The molecule has 0 fully saturated rings. The van der Waals surface area contributed by atoms with Crippen molar-refractivity contribution in [2.45, 2.75) is 75.7 Å². The van der Waals surface area contributed by atoms with Gasteiger partial charge in [-0.25, -0.2) is 6.08 Å². The summed E-state index contributed by atoms with van der Waals surface area (Å²) in [5.41, 5.74) is 4.65. The van der Waals surface area contributed by atoms with Crippen LogP contribution in [0.2, 0.25) is 0 Å². The third-order valence-electron chi connectivity index (χ3n) is 5.17. The molecule has 0 aliphatic heterocycles. The molecule has 1 aliphatic carbocycles. The van der Waals surface area contributed by atoms with Crippen LogP contribution >= 0.6 is 0 Å². The van der Waals surface area contributed by atoms with Gasteiger partial charge in [0.05, 0.1) is 0 Å². The molecule has 1 aliphatic rings. The largest absolute Gasteiger partial charge is 0.489 e. The molecule has 0 aromatic heterocycles. The fourth-order valence-corrected chi connectivity index (χ4v) is 2.99. The van der Waals surface area contributed by atoms with Crippen LogP contribution in [0.15, 0.2) is 71.4 Å². The normalized spacial score (nSPS) is 15.0. The third kappa shape index (κ3) is 11.2. The van der Waals surface area contributed by atoms with Gasteiger partial charge in [-0.15, -0.1) is 6.42 Å². The van der Waals surface area contributed by atoms with Gasteiger partial charge in [0.1, 0.15) is 12.4 Å². The van der Waals surface area contributed by atoms with E-state index < -0.39 is 0 Å². The molecule has 0 unspecified atom stereocenters. The number of rotatable bonds is 4. The van der Waals surface area contributed by atoms with Crippen LogP contribution in [0.4, 0.5) is 0 Å². The first-order chi connectivity index (χ1) is 13.7. The molecule has 0 radical (unpaired) electrons. The van der Waals surface area contributed by atoms with Gasteiger partial charge in [0.25, 0.3) is 0 Å². The summed E-state index contributed by atoms with van der Waals surface area (Å²) in [7, 11) is 0. The Morgan fingerprint density at radius 3 is 1.87 bits per heavy atom. The molecule has 1 aromatic carbocycles. The van der Waals surface area contributed by atoms with Crippen LogP contribution < -0.4 is 4.74 Å². The Bertz CT molecular complexity index is 773. The van der Waals surface area contributed by atoms with Crippen LogP contribution in [-0.2, 0) is 21.7 Å². The number of para-hydroxylation sites is 1. The van der Waals surface area contributed by atoms with Crippen LogP contribution in [0.3, 0.4) is 0 Å². The molecule has 2 rings (SSSR count). The van der Waals surface area contributed by atoms with E-state index in [1.165, 1.54) is 16.7 Å². The van der Waals surface area contributed by atoms with Gasteiger partial charge >= 0.3 is 0 Å². The molecule has 1 nitrogen and oxygen atoms in total. The van der Waals surface area contributed by atoms with Crippen molar-refractivity contribution >= 4 is 0 Å². The summed E-state index contributed by atoms with van der Waals surface area (Å²) in [4.78, 5) is 0. The molecule has 0 atom stereocenters. The van der Waals surface area contributed by atoms with E-state index in [9.17, 15) is 0 Å². The van der Waals surface area contributed by atoms with E-state index in [0.29, 0.717) is 12.0 Å². The van der Waals surface area contributed by atoms with Crippen molar-refractivity contribution in [3.8, 4) is 5.75 Å². The van der Waals surface area contributed by atoms with Crippen molar-refractivity contribution in [1.29, 1.82) is 0 Å². The molecule has 31 heavy (non-hydrogen) atoms. The predicted octanol–water partition coefficient (Wildman–Crippen LogP) is 8.75. The Morgan fingerprint density at radius 2 is 1.52 bits per heavy atom. The topological polar surface area (TPSA) is 9.23 Å². The summed E-state index contributed by atoms with van der Waals surface area (Å²) in [5, 5.41) is 0. The van der Waals surface area contributed by atoms with Gasteiger partial charge in [-0.05, 0) is 41.0 Å². The van der Waals surface area contributed by atoms with Crippen LogP contribution in [0, 0.1) is 22.3 Å². The van der Waals surface area contributed by atoms with Crippen molar-refractivity contribution in [2.24, 2.45) is 16.2 Å². The molecule has 0 bridgehead atoms. The summed E-state index contributed by atoms with van der Waals surface area (Å²) in [5.74, 6) is 0.922. The summed E-state index contributed by atoms with van der Waals surface area (Å²) in [6.45, 7) is 22.9. The van der Waals surface area contributed by atoms with Gasteiger partial charge < -0.3 is 4.74 Å². The SMILES string of the molecule is CC(C)(C)C1=CC[C-]=C1.CC=C(C=C(COc1ccccc1)C(C)(C)C)C(C)(C)C.[Ti]. The average molecular weight is 456 g/mol. The fourth-order valence-electron chi connectivity index (χ4n) is 2.99. The first kappa shape index (κ1) is 29.7. The molecule has 2 heteroatoms. The van der Waals surface area contributed by atoms with Gasteiger partial charge in [-0.3, -0.25) is 6.08 Å². The minimum atomic E-state index is 0. The van der Waals surface area contributed by atoms with E-state index >= 15 is 0 Å². The summed E-state index contributed by atoms with van der Waals surface area (Å²) >= 11 is 0. The zero-order chi connectivity index (χ0) is 23.0. The van der Waals surface area contributed by atoms with Crippen molar-refractivity contribution in [1.82, 2.24) is 0 Å². The molecule has 0 heterocycles. The van der Waals surface area contributed by atoms with Gasteiger partial charge in [-0.2, -0.15) is 11.6 Å². The Kier molecular flexibility index (Phi) is 12.1. The summed E-state index contributed by atoms with van der Waals surface area (Å²) in [6.07, 6.45) is 13.0. The Labute approximate surface area is 207 Å². The minimum Gasteiger partial charge on any atom is -0.489 e. The van der Waals surface area contributed by atoms with Crippen molar-refractivity contribution in [3.63, 3.8) is 0 Å². The standard InChI is InChI=1S/C20H30O.C9H13.Ti/c1-8-16(19(2,3)4)14-17(20(5,6)7)15-21-18-12-10-9-11-13-18;1-9(2,3)8-6-4-5-7-8;/h8-14H,15H2,1-7H3;6-7H,4H2,1-3H3;/q;-1;. The van der Waals surface area contributed by atoms with Crippen LogP contribution in [0.1, 0.15) is 75.7 Å². The zero-order valence-corrected chi connectivity index (χ0v) is 23.1. The maximum Gasteiger partial charge on any atom is 0.119 e. The molecular weight excluding hydrogens is 412 g/mol. The quantitative estimate of drug-likeness (QED) is 0.250. The predicted molar refractivity (Wildman–Crippen MR) is 133 cm³/mol.